The zero-order chi connectivity index (χ0) is 18.8. The summed E-state index contributed by atoms with van der Waals surface area (Å²) in [5, 5.41) is 16.1. The van der Waals surface area contributed by atoms with E-state index in [4.69, 9.17) is 5.10 Å². The molecule has 0 aliphatic carbocycles. The molecule has 2 aromatic carbocycles. The average Bonchev–Trinajstić information content (AvgIpc) is 3.09. The summed E-state index contributed by atoms with van der Waals surface area (Å²) < 4.78 is 1.72. The van der Waals surface area contributed by atoms with E-state index in [2.05, 4.69) is 22.4 Å². The van der Waals surface area contributed by atoms with Gasteiger partial charge in [-0.05, 0) is 31.0 Å². The SMILES string of the molecule is CCc1nn2c(C)c(C(=O)Nc3ccccc3)nnc2c1-c1ccccc1. The van der Waals surface area contributed by atoms with Crippen LogP contribution in [-0.2, 0) is 6.42 Å². The van der Waals surface area contributed by atoms with Crippen molar-refractivity contribution in [1.29, 1.82) is 0 Å². The molecule has 0 spiro atoms. The molecule has 134 valence electrons. The smallest absolute Gasteiger partial charge is 0.278 e. The Morgan fingerprint density at radius 1 is 1.00 bits per heavy atom. The first-order chi connectivity index (χ1) is 13.2. The minimum atomic E-state index is -0.303. The summed E-state index contributed by atoms with van der Waals surface area (Å²) in [6.07, 6.45) is 0.762. The van der Waals surface area contributed by atoms with Gasteiger partial charge in [-0.1, -0.05) is 55.5 Å². The topological polar surface area (TPSA) is 72.2 Å². The number of anilines is 1. The van der Waals surface area contributed by atoms with E-state index in [1.54, 1.807) is 4.52 Å². The summed E-state index contributed by atoms with van der Waals surface area (Å²) in [7, 11) is 0. The third kappa shape index (κ3) is 3.06. The monoisotopic (exact) mass is 357 g/mol. The summed E-state index contributed by atoms with van der Waals surface area (Å²) in [5.74, 6) is -0.303. The number of hydrogen-bond acceptors (Lipinski definition) is 4. The van der Waals surface area contributed by atoms with Crippen LogP contribution in [0, 0.1) is 6.92 Å². The molecule has 0 aliphatic heterocycles. The van der Waals surface area contributed by atoms with Crippen LogP contribution in [-0.4, -0.2) is 25.7 Å². The molecule has 2 aromatic heterocycles. The van der Waals surface area contributed by atoms with Gasteiger partial charge in [0.05, 0.1) is 17.0 Å². The normalized spacial score (nSPS) is 10.9. The van der Waals surface area contributed by atoms with Crippen molar-refractivity contribution in [2.75, 3.05) is 5.32 Å². The van der Waals surface area contributed by atoms with E-state index in [0.29, 0.717) is 17.0 Å². The highest BCUT2D eigenvalue weighted by atomic mass is 16.2. The third-order valence-corrected chi connectivity index (χ3v) is 4.48. The molecule has 4 aromatic rings. The van der Waals surface area contributed by atoms with Gasteiger partial charge in [-0.25, -0.2) is 4.52 Å². The maximum Gasteiger partial charge on any atom is 0.278 e. The first kappa shape index (κ1) is 16.9. The molecule has 0 saturated carbocycles. The molecule has 6 heteroatoms. The number of carbonyl (C=O) groups is 1. The molecule has 0 atom stereocenters. The molecular weight excluding hydrogens is 338 g/mol. The van der Waals surface area contributed by atoms with Crippen LogP contribution in [0.3, 0.4) is 0 Å². The molecule has 1 N–H and O–H groups in total. The number of fused-ring (bicyclic) bond motifs is 1. The van der Waals surface area contributed by atoms with Crippen molar-refractivity contribution in [3.63, 3.8) is 0 Å². The summed E-state index contributed by atoms with van der Waals surface area (Å²) in [6, 6.07) is 19.3. The van der Waals surface area contributed by atoms with Crippen molar-refractivity contribution in [2.24, 2.45) is 0 Å². The summed E-state index contributed by atoms with van der Waals surface area (Å²) in [5.41, 5.74) is 5.22. The highest BCUT2D eigenvalue weighted by Gasteiger charge is 2.21. The zero-order valence-corrected chi connectivity index (χ0v) is 15.2. The number of aryl methyl sites for hydroxylation is 2. The van der Waals surface area contributed by atoms with Gasteiger partial charge in [0.1, 0.15) is 0 Å². The molecular formula is C21H19N5O. The van der Waals surface area contributed by atoms with E-state index >= 15 is 0 Å². The van der Waals surface area contributed by atoms with Gasteiger partial charge in [-0.2, -0.15) is 5.10 Å². The number of para-hydroxylation sites is 1. The second kappa shape index (κ2) is 6.99. The fourth-order valence-corrected chi connectivity index (χ4v) is 3.12. The molecule has 0 radical (unpaired) electrons. The van der Waals surface area contributed by atoms with E-state index < -0.39 is 0 Å². The van der Waals surface area contributed by atoms with Gasteiger partial charge in [0.15, 0.2) is 11.3 Å². The van der Waals surface area contributed by atoms with Crippen LogP contribution >= 0.6 is 0 Å². The molecule has 0 saturated heterocycles. The summed E-state index contributed by atoms with van der Waals surface area (Å²) in [4.78, 5) is 12.7. The Morgan fingerprint density at radius 2 is 1.67 bits per heavy atom. The second-order valence-electron chi connectivity index (χ2n) is 6.23. The van der Waals surface area contributed by atoms with E-state index in [1.807, 2.05) is 67.6 Å². The van der Waals surface area contributed by atoms with Crippen molar-refractivity contribution in [1.82, 2.24) is 19.8 Å². The first-order valence-corrected chi connectivity index (χ1v) is 8.85. The number of hydrogen-bond donors (Lipinski definition) is 1. The fourth-order valence-electron chi connectivity index (χ4n) is 3.12. The van der Waals surface area contributed by atoms with Crippen LogP contribution < -0.4 is 5.32 Å². The largest absolute Gasteiger partial charge is 0.321 e. The number of nitrogens with one attached hydrogen (secondary N) is 1. The highest BCUT2D eigenvalue weighted by molar-refractivity contribution is 6.03. The standard InChI is InChI=1S/C21H19N5O/c1-3-17-18(15-10-6-4-7-11-15)20-24-23-19(14(2)26(20)25-17)21(27)22-16-12-8-5-9-13-16/h4-13H,3H2,1-2H3,(H,22,27). The van der Waals surface area contributed by atoms with Gasteiger partial charge in [0, 0.05) is 5.69 Å². The van der Waals surface area contributed by atoms with Crippen LogP contribution in [0.2, 0.25) is 0 Å². The number of nitrogens with zero attached hydrogens (tertiary/aromatic N) is 4. The number of carbonyl (C=O) groups excluding carboxylic acids is 1. The maximum absolute atomic E-state index is 12.7. The molecule has 27 heavy (non-hydrogen) atoms. The Balaban J connectivity index is 1.80. The van der Waals surface area contributed by atoms with Crippen LogP contribution in [0.25, 0.3) is 16.8 Å². The number of aromatic nitrogens is 4. The number of benzene rings is 2. The predicted molar refractivity (Wildman–Crippen MR) is 105 cm³/mol. The van der Waals surface area contributed by atoms with Gasteiger partial charge < -0.3 is 5.32 Å². The molecule has 2 heterocycles. The van der Waals surface area contributed by atoms with Crippen molar-refractivity contribution >= 4 is 17.2 Å². The Hall–Kier alpha value is -3.54. The van der Waals surface area contributed by atoms with Crippen molar-refractivity contribution in [2.45, 2.75) is 20.3 Å². The minimum absolute atomic E-state index is 0.260. The Labute approximate surface area is 156 Å². The zero-order valence-electron chi connectivity index (χ0n) is 15.2. The Kier molecular flexibility index (Phi) is 4.38. The summed E-state index contributed by atoms with van der Waals surface area (Å²) >= 11 is 0. The van der Waals surface area contributed by atoms with Gasteiger partial charge in [0.2, 0.25) is 0 Å². The average molecular weight is 357 g/mol. The molecule has 6 nitrogen and oxygen atoms in total. The first-order valence-electron chi connectivity index (χ1n) is 8.85. The lowest BCUT2D eigenvalue weighted by Gasteiger charge is -2.07. The molecule has 4 rings (SSSR count). The molecule has 1 amide bonds. The van der Waals surface area contributed by atoms with Gasteiger partial charge in [-0.3, -0.25) is 4.79 Å². The van der Waals surface area contributed by atoms with E-state index in [9.17, 15) is 4.79 Å². The van der Waals surface area contributed by atoms with Crippen LogP contribution in [0.15, 0.2) is 60.7 Å². The Bertz CT molecular complexity index is 1100. The number of amides is 1. The summed E-state index contributed by atoms with van der Waals surface area (Å²) in [6.45, 7) is 3.89. The van der Waals surface area contributed by atoms with Crippen LogP contribution in [0.4, 0.5) is 5.69 Å². The molecule has 0 bridgehead atoms. The lowest BCUT2D eigenvalue weighted by atomic mass is 10.0. The second-order valence-corrected chi connectivity index (χ2v) is 6.23. The van der Waals surface area contributed by atoms with Gasteiger partial charge in [-0.15, -0.1) is 10.2 Å². The minimum Gasteiger partial charge on any atom is -0.321 e. The number of rotatable bonds is 4. The lowest BCUT2D eigenvalue weighted by Crippen LogP contribution is -2.18. The molecule has 0 fully saturated rings. The fraction of sp³-hybridized carbons (Fsp3) is 0.143. The van der Waals surface area contributed by atoms with Gasteiger partial charge in [0.25, 0.3) is 5.91 Å². The van der Waals surface area contributed by atoms with E-state index in [-0.39, 0.29) is 11.6 Å². The van der Waals surface area contributed by atoms with E-state index in [1.165, 1.54) is 0 Å². The maximum atomic E-state index is 12.7. The highest BCUT2D eigenvalue weighted by Crippen LogP contribution is 2.28. The van der Waals surface area contributed by atoms with E-state index in [0.717, 1.165) is 23.2 Å². The van der Waals surface area contributed by atoms with Crippen molar-refractivity contribution in [3.05, 3.63) is 77.7 Å². The molecule has 0 aliphatic rings. The van der Waals surface area contributed by atoms with Crippen LogP contribution in [0.1, 0.15) is 28.8 Å². The van der Waals surface area contributed by atoms with Crippen molar-refractivity contribution < 1.29 is 4.79 Å². The van der Waals surface area contributed by atoms with Crippen LogP contribution in [0.5, 0.6) is 0 Å². The lowest BCUT2D eigenvalue weighted by molar-refractivity contribution is 0.102. The molecule has 0 unspecified atom stereocenters. The van der Waals surface area contributed by atoms with Gasteiger partial charge >= 0.3 is 0 Å². The predicted octanol–water partition coefficient (Wildman–Crippen LogP) is 3.91. The third-order valence-electron chi connectivity index (χ3n) is 4.48. The Morgan fingerprint density at radius 3 is 2.33 bits per heavy atom. The van der Waals surface area contributed by atoms with Crippen molar-refractivity contribution in [3.8, 4) is 11.1 Å². The quantitative estimate of drug-likeness (QED) is 0.601.